The number of nitrogens with one attached hydrogen (secondary N) is 1. The lowest BCUT2D eigenvalue weighted by atomic mass is 10.0. The number of rotatable bonds is 5. The molecule has 2 rings (SSSR count). The number of nitrogens with zero attached hydrogens (tertiary/aromatic N) is 1. The van der Waals surface area contributed by atoms with Crippen LogP contribution in [0.4, 0.5) is 5.69 Å². The van der Waals surface area contributed by atoms with Crippen LogP contribution in [0.1, 0.15) is 31.4 Å². The van der Waals surface area contributed by atoms with Gasteiger partial charge in [0.15, 0.2) is 0 Å². The van der Waals surface area contributed by atoms with Crippen LogP contribution in [0.5, 0.6) is 0 Å². The van der Waals surface area contributed by atoms with Gasteiger partial charge in [-0.15, -0.1) is 0 Å². The fourth-order valence-corrected chi connectivity index (χ4v) is 2.35. The zero-order chi connectivity index (χ0) is 13.7. The third kappa shape index (κ3) is 3.51. The molecule has 1 aliphatic rings. The summed E-state index contributed by atoms with van der Waals surface area (Å²) in [4.78, 5) is 2.13. The van der Waals surface area contributed by atoms with Gasteiger partial charge in [0.05, 0.1) is 12.6 Å². The molecule has 19 heavy (non-hydrogen) atoms. The molecule has 0 saturated heterocycles. The first-order valence-electron chi connectivity index (χ1n) is 7.06. The standard InChI is InChI=1S/C16H24N2O/c1-4-17-16(15-10-5-6-11-19-15)13-8-7-9-14(12-13)18(2)3/h7-10,12,16-17H,4-6,11H2,1-3H3. The molecule has 0 amide bonds. The van der Waals surface area contributed by atoms with E-state index in [0.29, 0.717) is 0 Å². The Morgan fingerprint density at radius 2 is 2.21 bits per heavy atom. The van der Waals surface area contributed by atoms with E-state index in [2.05, 4.69) is 61.6 Å². The van der Waals surface area contributed by atoms with Crippen LogP contribution in [0, 0.1) is 0 Å². The summed E-state index contributed by atoms with van der Waals surface area (Å²) in [6, 6.07) is 8.80. The monoisotopic (exact) mass is 260 g/mol. The number of allylic oxidation sites excluding steroid dienone is 1. The summed E-state index contributed by atoms with van der Waals surface area (Å²) < 4.78 is 5.83. The van der Waals surface area contributed by atoms with Crippen molar-refractivity contribution in [2.75, 3.05) is 32.1 Å². The first-order chi connectivity index (χ1) is 9.22. The maximum atomic E-state index is 5.83. The lowest BCUT2D eigenvalue weighted by Crippen LogP contribution is -2.25. The Morgan fingerprint density at radius 1 is 1.37 bits per heavy atom. The van der Waals surface area contributed by atoms with Crippen LogP contribution in [-0.2, 0) is 4.74 Å². The molecule has 0 saturated carbocycles. The average Bonchev–Trinajstić information content (AvgIpc) is 2.46. The Labute approximate surface area is 116 Å². The van der Waals surface area contributed by atoms with Crippen molar-refractivity contribution < 1.29 is 4.74 Å². The maximum Gasteiger partial charge on any atom is 0.113 e. The van der Waals surface area contributed by atoms with Gasteiger partial charge in [-0.2, -0.15) is 0 Å². The van der Waals surface area contributed by atoms with Crippen molar-refractivity contribution in [1.82, 2.24) is 5.32 Å². The molecule has 0 aromatic heterocycles. The topological polar surface area (TPSA) is 24.5 Å². The predicted octanol–water partition coefficient (Wildman–Crippen LogP) is 3.10. The summed E-state index contributed by atoms with van der Waals surface area (Å²) >= 11 is 0. The quantitative estimate of drug-likeness (QED) is 0.880. The molecule has 0 spiro atoms. The highest BCUT2D eigenvalue weighted by Gasteiger charge is 2.19. The van der Waals surface area contributed by atoms with Gasteiger partial charge >= 0.3 is 0 Å². The van der Waals surface area contributed by atoms with Gasteiger partial charge in [-0.1, -0.05) is 19.1 Å². The van der Waals surface area contributed by atoms with Gasteiger partial charge in [-0.05, 0) is 43.2 Å². The lowest BCUT2D eigenvalue weighted by Gasteiger charge is -2.25. The average molecular weight is 260 g/mol. The SMILES string of the molecule is CCNC(C1=CCCCO1)c1cccc(N(C)C)c1. The van der Waals surface area contributed by atoms with Crippen molar-refractivity contribution in [2.45, 2.75) is 25.8 Å². The lowest BCUT2D eigenvalue weighted by molar-refractivity contribution is 0.168. The highest BCUT2D eigenvalue weighted by atomic mass is 16.5. The minimum atomic E-state index is 0.171. The van der Waals surface area contributed by atoms with E-state index in [9.17, 15) is 0 Å². The molecule has 0 aliphatic carbocycles. The van der Waals surface area contributed by atoms with Crippen LogP contribution in [-0.4, -0.2) is 27.2 Å². The minimum absolute atomic E-state index is 0.171. The molecule has 1 heterocycles. The van der Waals surface area contributed by atoms with E-state index in [1.807, 2.05) is 0 Å². The van der Waals surface area contributed by atoms with Crippen LogP contribution in [0.2, 0.25) is 0 Å². The van der Waals surface area contributed by atoms with Gasteiger partial charge < -0.3 is 15.0 Å². The molecule has 1 atom stereocenters. The van der Waals surface area contributed by atoms with E-state index >= 15 is 0 Å². The van der Waals surface area contributed by atoms with Crippen molar-refractivity contribution in [3.63, 3.8) is 0 Å². The van der Waals surface area contributed by atoms with Crippen molar-refractivity contribution in [3.05, 3.63) is 41.7 Å². The van der Waals surface area contributed by atoms with E-state index in [-0.39, 0.29) is 6.04 Å². The highest BCUT2D eigenvalue weighted by Crippen LogP contribution is 2.28. The van der Waals surface area contributed by atoms with E-state index in [4.69, 9.17) is 4.74 Å². The number of hydrogen-bond donors (Lipinski definition) is 1. The fraction of sp³-hybridized carbons (Fsp3) is 0.500. The van der Waals surface area contributed by atoms with Crippen LogP contribution < -0.4 is 10.2 Å². The Morgan fingerprint density at radius 3 is 2.84 bits per heavy atom. The molecule has 1 aromatic rings. The normalized spacial score (nSPS) is 16.5. The largest absolute Gasteiger partial charge is 0.496 e. The summed E-state index contributed by atoms with van der Waals surface area (Å²) in [6.07, 6.45) is 4.46. The fourth-order valence-electron chi connectivity index (χ4n) is 2.35. The Bertz CT molecular complexity index is 440. The van der Waals surface area contributed by atoms with Gasteiger partial charge in [0.1, 0.15) is 5.76 Å². The molecule has 1 unspecified atom stereocenters. The molecule has 3 nitrogen and oxygen atoms in total. The Hall–Kier alpha value is -1.48. The van der Waals surface area contributed by atoms with Gasteiger partial charge in [0.2, 0.25) is 0 Å². The highest BCUT2D eigenvalue weighted by molar-refractivity contribution is 5.48. The Kier molecular flexibility index (Phi) is 4.86. The summed E-state index contributed by atoms with van der Waals surface area (Å²) in [5, 5.41) is 3.52. The molecule has 0 radical (unpaired) electrons. The van der Waals surface area contributed by atoms with E-state index in [1.54, 1.807) is 0 Å². The van der Waals surface area contributed by atoms with E-state index in [0.717, 1.165) is 31.8 Å². The Balaban J connectivity index is 2.27. The van der Waals surface area contributed by atoms with Gasteiger partial charge in [0, 0.05) is 19.8 Å². The number of ether oxygens (including phenoxy) is 1. The molecule has 0 fully saturated rings. The van der Waals surface area contributed by atoms with Crippen LogP contribution in [0.25, 0.3) is 0 Å². The van der Waals surface area contributed by atoms with Gasteiger partial charge in [0.25, 0.3) is 0 Å². The van der Waals surface area contributed by atoms with E-state index in [1.165, 1.54) is 11.3 Å². The zero-order valence-electron chi connectivity index (χ0n) is 12.1. The second-order valence-electron chi connectivity index (χ2n) is 5.08. The second-order valence-corrected chi connectivity index (χ2v) is 5.08. The number of anilines is 1. The number of likely N-dealkylation sites (N-methyl/N-ethyl adjacent to an activating group) is 1. The molecule has 104 valence electrons. The number of benzene rings is 1. The van der Waals surface area contributed by atoms with Gasteiger partial charge in [-0.25, -0.2) is 0 Å². The molecular weight excluding hydrogens is 236 g/mol. The van der Waals surface area contributed by atoms with Crippen molar-refractivity contribution in [1.29, 1.82) is 0 Å². The molecular formula is C16H24N2O. The third-order valence-corrected chi connectivity index (χ3v) is 3.38. The summed E-state index contributed by atoms with van der Waals surface area (Å²) in [6.45, 7) is 3.89. The molecule has 1 N–H and O–H groups in total. The smallest absolute Gasteiger partial charge is 0.113 e. The van der Waals surface area contributed by atoms with Crippen molar-refractivity contribution >= 4 is 5.69 Å². The molecule has 1 aliphatic heterocycles. The van der Waals surface area contributed by atoms with Crippen molar-refractivity contribution in [3.8, 4) is 0 Å². The second kappa shape index (κ2) is 6.62. The minimum Gasteiger partial charge on any atom is -0.496 e. The number of hydrogen-bond acceptors (Lipinski definition) is 3. The van der Waals surface area contributed by atoms with Crippen LogP contribution >= 0.6 is 0 Å². The zero-order valence-corrected chi connectivity index (χ0v) is 12.1. The molecule has 1 aromatic carbocycles. The van der Waals surface area contributed by atoms with E-state index < -0.39 is 0 Å². The first-order valence-corrected chi connectivity index (χ1v) is 7.06. The van der Waals surface area contributed by atoms with Crippen LogP contribution in [0.3, 0.4) is 0 Å². The molecule has 3 heteroatoms. The summed E-state index contributed by atoms with van der Waals surface area (Å²) in [7, 11) is 4.13. The van der Waals surface area contributed by atoms with Gasteiger partial charge in [-0.3, -0.25) is 0 Å². The summed E-state index contributed by atoms with van der Waals surface area (Å²) in [5.74, 6) is 1.07. The molecule has 0 bridgehead atoms. The summed E-state index contributed by atoms with van der Waals surface area (Å²) in [5.41, 5.74) is 2.48. The maximum absolute atomic E-state index is 5.83. The first kappa shape index (κ1) is 13.9. The predicted molar refractivity (Wildman–Crippen MR) is 80.5 cm³/mol. The van der Waals surface area contributed by atoms with Crippen LogP contribution in [0.15, 0.2) is 36.1 Å². The van der Waals surface area contributed by atoms with Crippen molar-refractivity contribution in [2.24, 2.45) is 0 Å². The third-order valence-electron chi connectivity index (χ3n) is 3.38.